The smallest absolute Gasteiger partial charge is 0.238 e. The average molecular weight is 653 g/mol. The SMILES string of the molecule is c1ccc(-c2nc(-c3ccccc3)nc(-n3c4ccccc4c4ccc5c(c43)Oc3ccccc3C53c4ccccc4-c4ccccc43)n2)cc1. The maximum absolute atomic E-state index is 7.14. The molecule has 11 rings (SSSR count). The lowest BCUT2D eigenvalue weighted by Crippen LogP contribution is -2.32. The minimum absolute atomic E-state index is 0.533. The number of hydrogen-bond donors (Lipinski definition) is 0. The van der Waals surface area contributed by atoms with Crippen molar-refractivity contribution in [1.29, 1.82) is 0 Å². The van der Waals surface area contributed by atoms with Crippen molar-refractivity contribution in [3.8, 4) is 51.3 Å². The van der Waals surface area contributed by atoms with Crippen molar-refractivity contribution < 1.29 is 4.74 Å². The van der Waals surface area contributed by atoms with Gasteiger partial charge in [0.2, 0.25) is 5.95 Å². The van der Waals surface area contributed by atoms with E-state index in [-0.39, 0.29) is 0 Å². The molecule has 0 radical (unpaired) electrons. The zero-order valence-corrected chi connectivity index (χ0v) is 27.4. The molecule has 0 saturated heterocycles. The fourth-order valence-electron chi connectivity index (χ4n) is 8.47. The molecule has 5 nitrogen and oxygen atoms in total. The number of para-hydroxylation sites is 2. The quantitative estimate of drug-likeness (QED) is 0.191. The molecule has 3 heterocycles. The lowest BCUT2D eigenvalue weighted by atomic mass is 9.66. The average Bonchev–Trinajstić information content (AvgIpc) is 3.70. The van der Waals surface area contributed by atoms with Gasteiger partial charge in [0, 0.05) is 33.0 Å². The molecule has 7 aromatic carbocycles. The van der Waals surface area contributed by atoms with Gasteiger partial charge >= 0.3 is 0 Å². The third-order valence-corrected chi connectivity index (χ3v) is 10.5. The van der Waals surface area contributed by atoms with Gasteiger partial charge < -0.3 is 4.74 Å². The summed E-state index contributed by atoms with van der Waals surface area (Å²) in [6.07, 6.45) is 0. The number of ether oxygens (including phenoxy) is 1. The summed E-state index contributed by atoms with van der Waals surface area (Å²) < 4.78 is 9.32. The van der Waals surface area contributed by atoms with Gasteiger partial charge in [0.15, 0.2) is 17.4 Å². The maximum atomic E-state index is 7.14. The Morgan fingerprint density at radius 1 is 0.431 bits per heavy atom. The summed E-state index contributed by atoms with van der Waals surface area (Å²) in [6.45, 7) is 0. The summed E-state index contributed by atoms with van der Waals surface area (Å²) in [5, 5.41) is 2.17. The summed E-state index contributed by atoms with van der Waals surface area (Å²) in [5.74, 6) is 3.39. The predicted octanol–water partition coefficient (Wildman–Crippen LogP) is 10.8. The van der Waals surface area contributed by atoms with Crippen LogP contribution in [-0.4, -0.2) is 19.5 Å². The van der Waals surface area contributed by atoms with E-state index in [1.54, 1.807) is 0 Å². The Morgan fingerprint density at radius 2 is 0.980 bits per heavy atom. The van der Waals surface area contributed by atoms with Gasteiger partial charge in [-0.3, -0.25) is 4.57 Å². The van der Waals surface area contributed by atoms with Crippen LogP contribution in [0.25, 0.3) is 61.7 Å². The van der Waals surface area contributed by atoms with Crippen LogP contribution in [0.2, 0.25) is 0 Å². The molecule has 0 N–H and O–H groups in total. The van der Waals surface area contributed by atoms with E-state index in [9.17, 15) is 0 Å². The second-order valence-electron chi connectivity index (χ2n) is 13.1. The molecule has 1 aliphatic carbocycles. The van der Waals surface area contributed by atoms with E-state index in [1.807, 2.05) is 60.7 Å². The second-order valence-corrected chi connectivity index (χ2v) is 13.1. The van der Waals surface area contributed by atoms with Gasteiger partial charge in [-0.15, -0.1) is 0 Å². The summed E-state index contributed by atoms with van der Waals surface area (Å²) in [5.41, 5.74) is 10.4. The molecule has 9 aromatic rings. The first kappa shape index (κ1) is 28.0. The summed E-state index contributed by atoms with van der Waals surface area (Å²) in [7, 11) is 0. The third-order valence-electron chi connectivity index (χ3n) is 10.5. The Kier molecular flexibility index (Phi) is 5.81. The van der Waals surface area contributed by atoms with Crippen molar-refractivity contribution in [1.82, 2.24) is 19.5 Å². The van der Waals surface area contributed by atoms with Crippen LogP contribution in [0.3, 0.4) is 0 Å². The minimum Gasteiger partial charge on any atom is -0.454 e. The predicted molar refractivity (Wildman–Crippen MR) is 202 cm³/mol. The first-order valence-electron chi connectivity index (χ1n) is 17.2. The highest BCUT2D eigenvalue weighted by Gasteiger charge is 2.51. The van der Waals surface area contributed by atoms with E-state index < -0.39 is 5.41 Å². The fraction of sp³-hybridized carbons (Fsp3) is 0.0217. The van der Waals surface area contributed by atoms with Crippen molar-refractivity contribution in [2.45, 2.75) is 5.41 Å². The number of fused-ring (bicyclic) bond motifs is 13. The molecule has 238 valence electrons. The summed E-state index contributed by atoms with van der Waals surface area (Å²) in [6, 6.07) is 59.4. The highest BCUT2D eigenvalue weighted by molar-refractivity contribution is 6.12. The number of benzene rings is 7. The van der Waals surface area contributed by atoms with Crippen molar-refractivity contribution in [2.24, 2.45) is 0 Å². The van der Waals surface area contributed by atoms with E-state index in [4.69, 9.17) is 19.7 Å². The van der Waals surface area contributed by atoms with Crippen molar-refractivity contribution in [3.63, 3.8) is 0 Å². The topological polar surface area (TPSA) is 52.8 Å². The molecule has 0 unspecified atom stereocenters. The zero-order valence-electron chi connectivity index (χ0n) is 27.4. The molecule has 0 atom stereocenters. The molecular weight excluding hydrogens is 625 g/mol. The first-order chi connectivity index (χ1) is 25.3. The Balaban J connectivity index is 1.29. The molecule has 5 heteroatoms. The van der Waals surface area contributed by atoms with Gasteiger partial charge in [-0.2, -0.15) is 9.97 Å². The van der Waals surface area contributed by atoms with Crippen molar-refractivity contribution >= 4 is 21.8 Å². The van der Waals surface area contributed by atoms with Crippen LogP contribution in [0, 0.1) is 0 Å². The van der Waals surface area contributed by atoms with Gasteiger partial charge in [0.25, 0.3) is 0 Å². The van der Waals surface area contributed by atoms with E-state index in [0.717, 1.165) is 55.6 Å². The largest absolute Gasteiger partial charge is 0.454 e. The molecule has 0 amide bonds. The Bertz CT molecular complexity index is 2740. The van der Waals surface area contributed by atoms with Gasteiger partial charge in [-0.25, -0.2) is 4.98 Å². The zero-order chi connectivity index (χ0) is 33.5. The Hall–Kier alpha value is -6.85. The molecule has 0 bridgehead atoms. The molecule has 0 saturated carbocycles. The van der Waals surface area contributed by atoms with Gasteiger partial charge in [-0.1, -0.05) is 158 Å². The van der Waals surface area contributed by atoms with Crippen LogP contribution in [-0.2, 0) is 5.41 Å². The number of aromatic nitrogens is 4. The lowest BCUT2D eigenvalue weighted by Gasteiger charge is -2.39. The molecular formula is C46H28N4O. The van der Waals surface area contributed by atoms with Crippen molar-refractivity contribution in [2.75, 3.05) is 0 Å². The van der Waals surface area contributed by atoms with E-state index >= 15 is 0 Å². The highest BCUT2D eigenvalue weighted by Crippen LogP contribution is 2.63. The second kappa shape index (κ2) is 10.6. The van der Waals surface area contributed by atoms with Crippen LogP contribution in [0.1, 0.15) is 22.3 Å². The van der Waals surface area contributed by atoms with Crippen LogP contribution >= 0.6 is 0 Å². The van der Waals surface area contributed by atoms with E-state index in [2.05, 4.69) is 114 Å². The Labute approximate surface area is 294 Å². The summed E-state index contributed by atoms with van der Waals surface area (Å²) >= 11 is 0. The molecule has 2 aromatic heterocycles. The van der Waals surface area contributed by atoms with E-state index in [0.29, 0.717) is 17.6 Å². The van der Waals surface area contributed by atoms with Gasteiger partial charge in [-0.05, 0) is 34.4 Å². The van der Waals surface area contributed by atoms with E-state index in [1.165, 1.54) is 22.3 Å². The maximum Gasteiger partial charge on any atom is 0.238 e. The summed E-state index contributed by atoms with van der Waals surface area (Å²) in [4.78, 5) is 15.4. The lowest BCUT2D eigenvalue weighted by molar-refractivity contribution is 0.440. The highest BCUT2D eigenvalue weighted by atomic mass is 16.5. The normalized spacial score (nSPS) is 13.4. The van der Waals surface area contributed by atoms with Crippen LogP contribution < -0.4 is 4.74 Å². The van der Waals surface area contributed by atoms with Crippen molar-refractivity contribution in [3.05, 3.63) is 192 Å². The standard InChI is InChI=1S/C46H28N4O/c1-3-15-29(16-4-1)43-47-44(30-17-5-2-6-18-30)49-45(48-43)50-39-25-13-9-21-33(39)34-27-28-38-42(41(34)50)51-40-26-14-12-24-37(40)46(38)35-22-10-7-19-31(35)32-20-8-11-23-36(32)46/h1-28H. The third kappa shape index (κ3) is 3.83. The first-order valence-corrected chi connectivity index (χ1v) is 17.2. The minimum atomic E-state index is -0.587. The molecule has 1 aliphatic heterocycles. The monoisotopic (exact) mass is 652 g/mol. The molecule has 2 aliphatic rings. The van der Waals surface area contributed by atoms with Crippen LogP contribution in [0.5, 0.6) is 11.5 Å². The number of hydrogen-bond acceptors (Lipinski definition) is 4. The molecule has 51 heavy (non-hydrogen) atoms. The fourth-order valence-corrected chi connectivity index (χ4v) is 8.47. The van der Waals surface area contributed by atoms with Crippen LogP contribution in [0.15, 0.2) is 170 Å². The van der Waals surface area contributed by atoms with Crippen LogP contribution in [0.4, 0.5) is 0 Å². The number of nitrogens with zero attached hydrogens (tertiary/aromatic N) is 4. The molecule has 1 spiro atoms. The van der Waals surface area contributed by atoms with Gasteiger partial charge in [0.1, 0.15) is 11.3 Å². The Morgan fingerprint density at radius 3 is 1.65 bits per heavy atom. The van der Waals surface area contributed by atoms with Gasteiger partial charge in [0.05, 0.1) is 10.9 Å². The number of rotatable bonds is 3. The molecule has 0 fully saturated rings.